The predicted octanol–water partition coefficient (Wildman–Crippen LogP) is 2.64. The molecule has 2 aromatic rings. The van der Waals surface area contributed by atoms with Crippen LogP contribution in [0.4, 0.5) is 14.5 Å². The topological polar surface area (TPSA) is 49.3 Å². The van der Waals surface area contributed by atoms with E-state index in [0.29, 0.717) is 16.8 Å². The Kier molecular flexibility index (Phi) is 4.42. The van der Waals surface area contributed by atoms with E-state index in [0.717, 1.165) is 12.1 Å². The smallest absolute Gasteiger partial charge is 0.228 e. The standard InChI is InChI=1S/C15H13F2NO2/c16-12-6-5-10(7-13(12)17)8-15(20)18-14-4-2-1-3-11(14)9-19/h1-7,19H,8-9H2,(H,18,20). The molecule has 3 nitrogen and oxygen atoms in total. The quantitative estimate of drug-likeness (QED) is 0.902. The first kappa shape index (κ1) is 14.1. The third kappa shape index (κ3) is 3.39. The summed E-state index contributed by atoms with van der Waals surface area (Å²) in [5.41, 5.74) is 1.47. The van der Waals surface area contributed by atoms with Gasteiger partial charge in [0.2, 0.25) is 5.91 Å². The highest BCUT2D eigenvalue weighted by Crippen LogP contribution is 2.16. The molecule has 0 saturated heterocycles. The van der Waals surface area contributed by atoms with Gasteiger partial charge in [-0.15, -0.1) is 0 Å². The maximum atomic E-state index is 13.0. The highest BCUT2D eigenvalue weighted by molar-refractivity contribution is 5.92. The van der Waals surface area contributed by atoms with E-state index in [1.54, 1.807) is 24.3 Å². The van der Waals surface area contributed by atoms with Gasteiger partial charge in [-0.1, -0.05) is 24.3 Å². The van der Waals surface area contributed by atoms with Crippen LogP contribution in [-0.2, 0) is 17.8 Å². The van der Waals surface area contributed by atoms with Crippen LogP contribution in [0.25, 0.3) is 0 Å². The molecule has 0 saturated carbocycles. The molecule has 0 aliphatic carbocycles. The zero-order valence-corrected chi connectivity index (χ0v) is 10.6. The Morgan fingerprint density at radius 3 is 2.55 bits per heavy atom. The molecule has 5 heteroatoms. The summed E-state index contributed by atoms with van der Waals surface area (Å²) in [5, 5.41) is 11.8. The number of rotatable bonds is 4. The number of aliphatic hydroxyl groups excluding tert-OH is 1. The molecule has 0 atom stereocenters. The van der Waals surface area contributed by atoms with Crippen molar-refractivity contribution in [1.82, 2.24) is 0 Å². The summed E-state index contributed by atoms with van der Waals surface area (Å²) in [4.78, 5) is 11.8. The first-order valence-electron chi connectivity index (χ1n) is 6.02. The summed E-state index contributed by atoms with van der Waals surface area (Å²) in [6.07, 6.45) is -0.0725. The van der Waals surface area contributed by atoms with Gasteiger partial charge in [-0.05, 0) is 23.8 Å². The van der Waals surface area contributed by atoms with Crippen molar-refractivity contribution in [2.24, 2.45) is 0 Å². The van der Waals surface area contributed by atoms with Gasteiger partial charge in [0, 0.05) is 11.3 Å². The SMILES string of the molecule is O=C(Cc1ccc(F)c(F)c1)Nc1ccccc1CO. The van der Waals surface area contributed by atoms with Gasteiger partial charge in [0.15, 0.2) is 11.6 Å². The molecule has 2 N–H and O–H groups in total. The monoisotopic (exact) mass is 277 g/mol. The Morgan fingerprint density at radius 1 is 1.10 bits per heavy atom. The van der Waals surface area contributed by atoms with Crippen molar-refractivity contribution >= 4 is 11.6 Å². The first-order chi connectivity index (χ1) is 9.60. The van der Waals surface area contributed by atoms with Crippen LogP contribution < -0.4 is 5.32 Å². The Morgan fingerprint density at radius 2 is 1.85 bits per heavy atom. The second-order valence-corrected chi connectivity index (χ2v) is 4.29. The fourth-order valence-corrected chi connectivity index (χ4v) is 1.81. The molecule has 0 unspecified atom stereocenters. The average Bonchev–Trinajstić information content (AvgIpc) is 2.43. The van der Waals surface area contributed by atoms with Crippen molar-refractivity contribution in [3.8, 4) is 0 Å². The summed E-state index contributed by atoms with van der Waals surface area (Å²) in [5.74, 6) is -2.29. The van der Waals surface area contributed by atoms with E-state index in [9.17, 15) is 13.6 Å². The van der Waals surface area contributed by atoms with E-state index in [4.69, 9.17) is 5.11 Å². The van der Waals surface area contributed by atoms with Gasteiger partial charge in [0.1, 0.15) is 0 Å². The zero-order chi connectivity index (χ0) is 14.5. The van der Waals surface area contributed by atoms with Gasteiger partial charge in [-0.25, -0.2) is 8.78 Å². The number of carbonyl (C=O) groups excluding carboxylic acids is 1. The fraction of sp³-hybridized carbons (Fsp3) is 0.133. The van der Waals surface area contributed by atoms with E-state index in [2.05, 4.69) is 5.32 Å². The third-order valence-corrected chi connectivity index (χ3v) is 2.81. The molecule has 0 bridgehead atoms. The zero-order valence-electron chi connectivity index (χ0n) is 10.6. The summed E-state index contributed by atoms with van der Waals surface area (Å²) < 4.78 is 25.8. The number of anilines is 1. The van der Waals surface area contributed by atoms with Crippen LogP contribution >= 0.6 is 0 Å². The molecular weight excluding hydrogens is 264 g/mol. The van der Waals surface area contributed by atoms with E-state index in [-0.39, 0.29) is 18.9 Å². The van der Waals surface area contributed by atoms with Crippen LogP contribution in [0, 0.1) is 11.6 Å². The minimum absolute atomic E-state index is 0.0725. The number of nitrogens with one attached hydrogen (secondary N) is 1. The van der Waals surface area contributed by atoms with Crippen molar-refractivity contribution < 1.29 is 18.7 Å². The van der Waals surface area contributed by atoms with E-state index < -0.39 is 11.6 Å². The van der Waals surface area contributed by atoms with Gasteiger partial charge in [-0.2, -0.15) is 0 Å². The van der Waals surface area contributed by atoms with Gasteiger partial charge in [0.05, 0.1) is 13.0 Å². The number of benzene rings is 2. The van der Waals surface area contributed by atoms with Crippen molar-refractivity contribution in [2.45, 2.75) is 13.0 Å². The lowest BCUT2D eigenvalue weighted by Gasteiger charge is -2.09. The minimum atomic E-state index is -0.981. The van der Waals surface area contributed by atoms with Crippen LogP contribution in [0.15, 0.2) is 42.5 Å². The van der Waals surface area contributed by atoms with Crippen molar-refractivity contribution in [1.29, 1.82) is 0 Å². The lowest BCUT2D eigenvalue weighted by atomic mass is 10.1. The predicted molar refractivity (Wildman–Crippen MR) is 71.1 cm³/mol. The number of hydrogen-bond acceptors (Lipinski definition) is 2. The molecule has 0 aliphatic heterocycles. The van der Waals surface area contributed by atoms with E-state index >= 15 is 0 Å². The number of amides is 1. The molecule has 1 amide bonds. The molecule has 0 radical (unpaired) electrons. The van der Waals surface area contributed by atoms with E-state index in [1.807, 2.05) is 0 Å². The number of halogens is 2. The van der Waals surface area contributed by atoms with Gasteiger partial charge in [-0.3, -0.25) is 4.79 Å². The van der Waals surface area contributed by atoms with Crippen molar-refractivity contribution in [3.05, 3.63) is 65.2 Å². The molecule has 0 spiro atoms. The Labute approximate surface area is 114 Å². The number of para-hydroxylation sites is 1. The highest BCUT2D eigenvalue weighted by atomic mass is 19.2. The van der Waals surface area contributed by atoms with Crippen LogP contribution in [0.2, 0.25) is 0 Å². The largest absolute Gasteiger partial charge is 0.392 e. The van der Waals surface area contributed by atoms with Crippen LogP contribution in [0.5, 0.6) is 0 Å². The second kappa shape index (κ2) is 6.25. The van der Waals surface area contributed by atoms with Gasteiger partial charge in [0.25, 0.3) is 0 Å². The summed E-state index contributed by atoms with van der Waals surface area (Å²) in [6.45, 7) is -0.193. The molecular formula is C15H13F2NO2. The third-order valence-electron chi connectivity index (χ3n) is 2.81. The normalized spacial score (nSPS) is 10.3. The highest BCUT2D eigenvalue weighted by Gasteiger charge is 2.09. The number of aliphatic hydroxyl groups is 1. The Bertz CT molecular complexity index is 629. The molecule has 0 heterocycles. The molecule has 0 fully saturated rings. The van der Waals surface area contributed by atoms with Crippen LogP contribution in [-0.4, -0.2) is 11.0 Å². The molecule has 2 rings (SSSR count). The molecule has 0 aliphatic rings. The maximum absolute atomic E-state index is 13.0. The van der Waals surface area contributed by atoms with Gasteiger partial charge >= 0.3 is 0 Å². The lowest BCUT2D eigenvalue weighted by molar-refractivity contribution is -0.115. The Balaban J connectivity index is 2.07. The number of hydrogen-bond donors (Lipinski definition) is 2. The fourth-order valence-electron chi connectivity index (χ4n) is 1.81. The van der Waals surface area contributed by atoms with Gasteiger partial charge < -0.3 is 10.4 Å². The van der Waals surface area contributed by atoms with Crippen molar-refractivity contribution in [3.63, 3.8) is 0 Å². The average molecular weight is 277 g/mol. The summed E-state index contributed by atoms with van der Waals surface area (Å²) in [6, 6.07) is 10.2. The Hall–Kier alpha value is -2.27. The van der Waals surface area contributed by atoms with E-state index in [1.165, 1.54) is 6.07 Å². The molecule has 2 aromatic carbocycles. The lowest BCUT2D eigenvalue weighted by Crippen LogP contribution is -2.15. The second-order valence-electron chi connectivity index (χ2n) is 4.29. The number of carbonyl (C=O) groups is 1. The van der Waals surface area contributed by atoms with Crippen molar-refractivity contribution in [2.75, 3.05) is 5.32 Å². The maximum Gasteiger partial charge on any atom is 0.228 e. The molecule has 104 valence electrons. The van der Waals surface area contributed by atoms with Crippen LogP contribution in [0.3, 0.4) is 0 Å². The molecule has 0 aromatic heterocycles. The summed E-state index contributed by atoms with van der Waals surface area (Å²) in [7, 11) is 0. The van der Waals surface area contributed by atoms with Crippen LogP contribution in [0.1, 0.15) is 11.1 Å². The summed E-state index contributed by atoms with van der Waals surface area (Å²) >= 11 is 0. The first-order valence-corrected chi connectivity index (χ1v) is 6.02. The molecule has 20 heavy (non-hydrogen) atoms. The minimum Gasteiger partial charge on any atom is -0.392 e.